The van der Waals surface area contributed by atoms with Crippen LogP contribution in [-0.4, -0.2) is 24.4 Å². The van der Waals surface area contributed by atoms with E-state index in [2.05, 4.69) is 0 Å². The first kappa shape index (κ1) is 20.5. The lowest BCUT2D eigenvalue weighted by molar-refractivity contribution is -0.137. The number of ketones is 1. The Balaban J connectivity index is 1.89. The van der Waals surface area contributed by atoms with Gasteiger partial charge in [-0.3, -0.25) is 4.79 Å². The van der Waals surface area contributed by atoms with Gasteiger partial charge in [0.05, 0.1) is 31.0 Å². The van der Waals surface area contributed by atoms with E-state index in [0.29, 0.717) is 28.2 Å². The van der Waals surface area contributed by atoms with Gasteiger partial charge in [-0.05, 0) is 60.2 Å². The Hall–Kier alpha value is -3.74. The van der Waals surface area contributed by atoms with E-state index in [9.17, 15) is 18.0 Å². The van der Waals surface area contributed by atoms with E-state index in [1.165, 1.54) is 24.8 Å². The Labute approximate surface area is 176 Å². The normalized spacial score (nSPS) is 11.5. The highest BCUT2D eigenvalue weighted by molar-refractivity contribution is 6.10. The lowest BCUT2D eigenvalue weighted by atomic mass is 10.0. The van der Waals surface area contributed by atoms with Crippen LogP contribution >= 0.6 is 0 Å². The predicted molar refractivity (Wildman–Crippen MR) is 111 cm³/mol. The molecule has 0 N–H and O–H groups in total. The number of rotatable bonds is 5. The number of ether oxygens (including phenoxy) is 2. The summed E-state index contributed by atoms with van der Waals surface area (Å²) in [6.45, 7) is 0. The Bertz CT molecular complexity index is 1240. The van der Waals surface area contributed by atoms with E-state index in [-0.39, 0.29) is 17.0 Å². The van der Waals surface area contributed by atoms with Gasteiger partial charge in [0.1, 0.15) is 11.5 Å². The molecule has 2 aromatic heterocycles. The molecule has 0 amide bonds. The van der Waals surface area contributed by atoms with Gasteiger partial charge in [-0.15, -0.1) is 0 Å². The van der Waals surface area contributed by atoms with Crippen molar-refractivity contribution in [1.29, 1.82) is 0 Å². The second-order valence-electron chi connectivity index (χ2n) is 6.90. The van der Waals surface area contributed by atoms with E-state index >= 15 is 0 Å². The van der Waals surface area contributed by atoms with E-state index in [1.54, 1.807) is 54.6 Å². The zero-order chi connectivity index (χ0) is 22.2. The zero-order valence-electron chi connectivity index (χ0n) is 16.7. The third-order valence-corrected chi connectivity index (χ3v) is 5.08. The average Bonchev–Trinajstić information content (AvgIpc) is 3.17. The molecule has 7 heteroatoms. The molecule has 4 nitrogen and oxygen atoms in total. The van der Waals surface area contributed by atoms with Crippen molar-refractivity contribution < 1.29 is 27.4 Å². The van der Waals surface area contributed by atoms with Crippen molar-refractivity contribution in [3.63, 3.8) is 0 Å². The number of hydrogen-bond acceptors (Lipinski definition) is 3. The van der Waals surface area contributed by atoms with Gasteiger partial charge in [-0.25, -0.2) is 0 Å². The number of carbonyl (C=O) groups excluding carboxylic acids is 1. The Kier molecular flexibility index (Phi) is 5.19. The second kappa shape index (κ2) is 7.83. The Morgan fingerprint density at radius 2 is 1.42 bits per heavy atom. The van der Waals surface area contributed by atoms with Crippen LogP contribution in [0.15, 0.2) is 72.9 Å². The van der Waals surface area contributed by atoms with Gasteiger partial charge in [0.2, 0.25) is 5.78 Å². The maximum absolute atomic E-state index is 13.3. The van der Waals surface area contributed by atoms with Crippen LogP contribution < -0.4 is 9.47 Å². The minimum Gasteiger partial charge on any atom is -0.497 e. The van der Waals surface area contributed by atoms with E-state index in [1.807, 2.05) is 0 Å². The van der Waals surface area contributed by atoms with E-state index < -0.39 is 11.7 Å². The molecular formula is C24H18F3NO3. The molecule has 2 heterocycles. The fourth-order valence-electron chi connectivity index (χ4n) is 3.44. The summed E-state index contributed by atoms with van der Waals surface area (Å²) in [6, 6.07) is 17.1. The van der Waals surface area contributed by atoms with Crippen LogP contribution in [0, 0.1) is 0 Å². The fourth-order valence-corrected chi connectivity index (χ4v) is 3.44. The molecule has 0 spiro atoms. The van der Waals surface area contributed by atoms with Gasteiger partial charge >= 0.3 is 6.18 Å². The van der Waals surface area contributed by atoms with Crippen molar-refractivity contribution in [1.82, 2.24) is 4.40 Å². The van der Waals surface area contributed by atoms with Crippen LogP contribution in [0.25, 0.3) is 16.6 Å². The van der Waals surface area contributed by atoms with E-state index in [0.717, 1.165) is 12.1 Å². The number of pyridine rings is 1. The lowest BCUT2D eigenvalue weighted by Gasteiger charge is -2.09. The summed E-state index contributed by atoms with van der Waals surface area (Å²) in [7, 11) is 3.06. The zero-order valence-corrected chi connectivity index (χ0v) is 16.7. The Morgan fingerprint density at radius 3 is 1.97 bits per heavy atom. The summed E-state index contributed by atoms with van der Waals surface area (Å²) in [4.78, 5) is 13.2. The van der Waals surface area contributed by atoms with Crippen molar-refractivity contribution in [2.45, 2.75) is 6.18 Å². The van der Waals surface area contributed by atoms with Gasteiger partial charge in [-0.1, -0.05) is 12.1 Å². The summed E-state index contributed by atoms with van der Waals surface area (Å²) in [6.07, 6.45) is -3.22. The van der Waals surface area contributed by atoms with Gasteiger partial charge in [-0.2, -0.15) is 13.2 Å². The van der Waals surface area contributed by atoms with Gasteiger partial charge in [0, 0.05) is 17.3 Å². The number of methoxy groups -OCH3 is 2. The first-order chi connectivity index (χ1) is 14.8. The van der Waals surface area contributed by atoms with E-state index in [4.69, 9.17) is 9.47 Å². The lowest BCUT2D eigenvalue weighted by Crippen LogP contribution is -2.08. The summed E-state index contributed by atoms with van der Waals surface area (Å²) >= 11 is 0. The standard InChI is InChI=1S/C24H18F3NO3/c1-30-18-7-3-15(4-8-18)20-14-22(23(29)16-5-9-19(31-2)10-6-16)28-12-11-17(13-21(20)28)24(25,26)27/h3-14H,1-2H3. The molecule has 31 heavy (non-hydrogen) atoms. The smallest absolute Gasteiger partial charge is 0.416 e. The van der Waals surface area contributed by atoms with Crippen LogP contribution in [0.3, 0.4) is 0 Å². The second-order valence-corrected chi connectivity index (χ2v) is 6.90. The molecule has 158 valence electrons. The van der Waals surface area contributed by atoms with Crippen LogP contribution in [0.5, 0.6) is 11.5 Å². The van der Waals surface area contributed by atoms with Crippen LogP contribution in [0.1, 0.15) is 21.6 Å². The number of nitrogens with zero attached hydrogens (tertiary/aromatic N) is 1. The number of fused-ring (bicyclic) bond motifs is 1. The quantitative estimate of drug-likeness (QED) is 0.375. The van der Waals surface area contributed by atoms with Crippen molar-refractivity contribution >= 4 is 11.3 Å². The maximum Gasteiger partial charge on any atom is 0.416 e. The highest BCUT2D eigenvalue weighted by Crippen LogP contribution is 2.35. The molecule has 2 aromatic carbocycles. The van der Waals surface area contributed by atoms with Crippen molar-refractivity contribution in [3.8, 4) is 22.6 Å². The van der Waals surface area contributed by atoms with Crippen molar-refractivity contribution in [3.05, 3.63) is 89.7 Å². The highest BCUT2D eigenvalue weighted by Gasteiger charge is 2.31. The molecule has 4 rings (SSSR count). The summed E-state index contributed by atoms with van der Waals surface area (Å²) < 4.78 is 51.8. The van der Waals surface area contributed by atoms with Gasteiger partial charge in [0.15, 0.2) is 0 Å². The van der Waals surface area contributed by atoms with Gasteiger partial charge < -0.3 is 13.9 Å². The summed E-state index contributed by atoms with van der Waals surface area (Å²) in [5.41, 5.74) is 1.37. The topological polar surface area (TPSA) is 39.9 Å². The molecular weight excluding hydrogens is 407 g/mol. The summed E-state index contributed by atoms with van der Waals surface area (Å²) in [5.74, 6) is 0.917. The largest absolute Gasteiger partial charge is 0.497 e. The minimum absolute atomic E-state index is 0.264. The molecule has 0 aliphatic carbocycles. The molecule has 0 radical (unpaired) electrons. The monoisotopic (exact) mass is 425 g/mol. The molecule has 0 atom stereocenters. The first-order valence-electron chi connectivity index (χ1n) is 9.37. The SMILES string of the molecule is COc1ccc(C(=O)c2cc(-c3ccc(OC)cc3)c3cc(C(F)(F)F)ccn23)cc1. The first-order valence-corrected chi connectivity index (χ1v) is 9.37. The summed E-state index contributed by atoms with van der Waals surface area (Å²) in [5, 5.41) is 0. The van der Waals surface area contributed by atoms with Crippen molar-refractivity contribution in [2.24, 2.45) is 0 Å². The van der Waals surface area contributed by atoms with Crippen molar-refractivity contribution in [2.75, 3.05) is 14.2 Å². The fraction of sp³-hybridized carbons (Fsp3) is 0.125. The molecule has 0 bridgehead atoms. The molecule has 0 aliphatic rings. The Morgan fingerprint density at radius 1 is 0.839 bits per heavy atom. The molecule has 0 aliphatic heterocycles. The van der Waals surface area contributed by atoms with Crippen LogP contribution in [-0.2, 0) is 6.18 Å². The predicted octanol–water partition coefficient (Wildman–Crippen LogP) is 5.87. The molecule has 0 unspecified atom stereocenters. The minimum atomic E-state index is -4.50. The molecule has 0 saturated heterocycles. The maximum atomic E-state index is 13.3. The molecule has 0 fully saturated rings. The number of halogens is 3. The van der Waals surface area contributed by atoms with Gasteiger partial charge in [0.25, 0.3) is 0 Å². The average molecular weight is 425 g/mol. The number of aromatic nitrogens is 1. The number of alkyl halides is 3. The third kappa shape index (κ3) is 3.86. The number of hydrogen-bond donors (Lipinski definition) is 0. The third-order valence-electron chi connectivity index (χ3n) is 5.08. The van der Waals surface area contributed by atoms with Crippen LogP contribution in [0.4, 0.5) is 13.2 Å². The molecule has 0 saturated carbocycles. The number of benzene rings is 2. The van der Waals surface area contributed by atoms with Crippen LogP contribution in [0.2, 0.25) is 0 Å². The number of carbonyl (C=O) groups is 1. The molecule has 4 aromatic rings. The highest BCUT2D eigenvalue weighted by atomic mass is 19.4.